The van der Waals surface area contributed by atoms with Crippen LogP contribution in [0.3, 0.4) is 0 Å². The summed E-state index contributed by atoms with van der Waals surface area (Å²) in [6.45, 7) is 2.59. The van der Waals surface area contributed by atoms with Crippen LogP contribution in [0, 0.1) is 0 Å². The van der Waals surface area contributed by atoms with Gasteiger partial charge < -0.3 is 16.2 Å². The second-order valence-corrected chi connectivity index (χ2v) is 2.82. The first-order valence-electron chi connectivity index (χ1n) is 4.32. The average Bonchev–Trinajstić information content (AvgIpc) is 2.51. The maximum absolute atomic E-state index is 9.23. The van der Waals surface area contributed by atoms with Gasteiger partial charge in [-0.15, -0.1) is 5.10 Å². The second-order valence-electron chi connectivity index (χ2n) is 2.82. The molecule has 0 radical (unpaired) electrons. The topological polar surface area (TPSA) is 99.8 Å². The first kappa shape index (κ1) is 9.79. The maximum Gasteiger partial charge on any atom is 0.243 e. The van der Waals surface area contributed by atoms with Crippen molar-refractivity contribution in [1.29, 1.82) is 0 Å². The molecule has 1 aromatic heterocycles. The molecule has 1 atom stereocenters. The Hall–Kier alpha value is -1.30. The zero-order chi connectivity index (χ0) is 9.68. The van der Waals surface area contributed by atoms with Gasteiger partial charge in [-0.05, 0) is 12.8 Å². The number of hydrogen-bond donors (Lipinski definition) is 4. The highest BCUT2D eigenvalue weighted by Crippen LogP contribution is 2.01. The van der Waals surface area contributed by atoms with Gasteiger partial charge in [0.15, 0.2) is 0 Å². The van der Waals surface area contributed by atoms with Gasteiger partial charge in [-0.3, -0.25) is 0 Å². The Bertz CT molecular complexity index is 249. The van der Waals surface area contributed by atoms with Gasteiger partial charge in [0.2, 0.25) is 11.9 Å². The van der Waals surface area contributed by atoms with Gasteiger partial charge in [0.25, 0.3) is 0 Å². The molecule has 1 rings (SSSR count). The Labute approximate surface area is 76.6 Å². The number of aliphatic hydroxyl groups excluding tert-OH is 1. The van der Waals surface area contributed by atoms with Gasteiger partial charge in [0, 0.05) is 6.54 Å². The quantitative estimate of drug-likeness (QED) is 0.515. The number of H-pyrrole nitrogens is 1. The zero-order valence-corrected chi connectivity index (χ0v) is 7.62. The third-order valence-corrected chi connectivity index (χ3v) is 1.73. The van der Waals surface area contributed by atoms with Crippen LogP contribution in [0.5, 0.6) is 0 Å². The third kappa shape index (κ3) is 3.29. The number of hydrogen-bond acceptors (Lipinski definition) is 5. The van der Waals surface area contributed by atoms with Crippen LogP contribution in [0.25, 0.3) is 0 Å². The second kappa shape index (κ2) is 4.66. The van der Waals surface area contributed by atoms with Crippen molar-refractivity contribution in [1.82, 2.24) is 15.2 Å². The van der Waals surface area contributed by atoms with E-state index in [2.05, 4.69) is 20.5 Å². The summed E-state index contributed by atoms with van der Waals surface area (Å²) in [5.41, 5.74) is 5.32. The Morgan fingerprint density at radius 2 is 2.46 bits per heavy atom. The molecular formula is C7H15N5O. The molecule has 0 saturated carbocycles. The molecule has 0 fully saturated rings. The lowest BCUT2D eigenvalue weighted by molar-refractivity contribution is 0.164. The molecule has 0 spiro atoms. The molecule has 1 unspecified atom stereocenters. The number of nitrogen functional groups attached to an aromatic ring is 1. The number of nitrogens with zero attached hydrogens (tertiary/aromatic N) is 2. The predicted octanol–water partition coefficient (Wildman–Crippen LogP) is -0.0402. The van der Waals surface area contributed by atoms with Gasteiger partial charge in [0.1, 0.15) is 0 Å². The van der Waals surface area contributed by atoms with E-state index in [4.69, 9.17) is 5.73 Å². The zero-order valence-electron chi connectivity index (χ0n) is 7.62. The molecule has 6 nitrogen and oxygen atoms in total. The van der Waals surface area contributed by atoms with E-state index in [1.54, 1.807) is 0 Å². The lowest BCUT2D eigenvalue weighted by Crippen LogP contribution is -2.12. The van der Waals surface area contributed by atoms with Crippen LogP contribution in [0.15, 0.2) is 0 Å². The smallest absolute Gasteiger partial charge is 0.243 e. The number of anilines is 2. The molecule has 5 N–H and O–H groups in total. The summed E-state index contributed by atoms with van der Waals surface area (Å²) >= 11 is 0. The molecule has 0 aliphatic rings. The molecule has 0 aromatic carbocycles. The van der Waals surface area contributed by atoms with Crippen molar-refractivity contribution in [3.05, 3.63) is 0 Å². The standard InChI is InChI=1S/C7H15N5O/c1-2-5(13)3-4-9-7-10-6(8)11-12-7/h5,13H,2-4H2,1H3,(H4,8,9,10,11,12). The normalized spacial score (nSPS) is 12.8. The highest BCUT2D eigenvalue weighted by Gasteiger charge is 2.01. The molecule has 1 heterocycles. The fourth-order valence-corrected chi connectivity index (χ4v) is 0.908. The van der Waals surface area contributed by atoms with E-state index >= 15 is 0 Å². The molecule has 0 aliphatic carbocycles. The molecule has 0 saturated heterocycles. The summed E-state index contributed by atoms with van der Waals surface area (Å²) in [6, 6.07) is 0. The van der Waals surface area contributed by atoms with E-state index in [1.165, 1.54) is 0 Å². The van der Waals surface area contributed by atoms with Crippen LogP contribution >= 0.6 is 0 Å². The molecule has 6 heteroatoms. The van der Waals surface area contributed by atoms with E-state index < -0.39 is 0 Å². The average molecular weight is 185 g/mol. The van der Waals surface area contributed by atoms with Crippen molar-refractivity contribution >= 4 is 11.9 Å². The molecule has 74 valence electrons. The minimum Gasteiger partial charge on any atom is -0.393 e. The lowest BCUT2D eigenvalue weighted by Gasteiger charge is -2.06. The number of aromatic amines is 1. The van der Waals surface area contributed by atoms with Gasteiger partial charge in [-0.25, -0.2) is 5.10 Å². The SMILES string of the molecule is CCC(O)CCNc1n[nH]c(N)n1. The van der Waals surface area contributed by atoms with Gasteiger partial charge >= 0.3 is 0 Å². The van der Waals surface area contributed by atoms with Crippen molar-refractivity contribution in [3.63, 3.8) is 0 Å². The van der Waals surface area contributed by atoms with E-state index in [1.807, 2.05) is 6.92 Å². The monoisotopic (exact) mass is 185 g/mol. The summed E-state index contributed by atoms with van der Waals surface area (Å²) < 4.78 is 0. The summed E-state index contributed by atoms with van der Waals surface area (Å²) in [7, 11) is 0. The number of aliphatic hydroxyl groups is 1. The van der Waals surface area contributed by atoms with E-state index in [0.717, 1.165) is 6.42 Å². The van der Waals surface area contributed by atoms with Crippen molar-refractivity contribution < 1.29 is 5.11 Å². The minimum absolute atomic E-state index is 0.260. The van der Waals surface area contributed by atoms with Crippen molar-refractivity contribution in [2.45, 2.75) is 25.9 Å². The Morgan fingerprint density at radius 3 is 3.00 bits per heavy atom. The van der Waals surface area contributed by atoms with Crippen molar-refractivity contribution in [2.75, 3.05) is 17.6 Å². The summed E-state index contributed by atoms with van der Waals surface area (Å²) in [5.74, 6) is 0.763. The van der Waals surface area contributed by atoms with Crippen LogP contribution in [0.4, 0.5) is 11.9 Å². The Kier molecular flexibility index (Phi) is 3.51. The highest BCUT2D eigenvalue weighted by molar-refractivity contribution is 5.29. The van der Waals surface area contributed by atoms with E-state index in [9.17, 15) is 5.11 Å². The minimum atomic E-state index is -0.260. The van der Waals surface area contributed by atoms with Gasteiger partial charge in [0.05, 0.1) is 6.10 Å². The summed E-state index contributed by atoms with van der Waals surface area (Å²) in [5, 5.41) is 18.5. The number of rotatable bonds is 5. The first-order chi connectivity index (χ1) is 6.22. The largest absolute Gasteiger partial charge is 0.393 e. The molecule has 0 amide bonds. The van der Waals surface area contributed by atoms with Gasteiger partial charge in [-0.1, -0.05) is 6.92 Å². The van der Waals surface area contributed by atoms with Crippen molar-refractivity contribution in [2.24, 2.45) is 0 Å². The van der Waals surface area contributed by atoms with Crippen molar-refractivity contribution in [3.8, 4) is 0 Å². The third-order valence-electron chi connectivity index (χ3n) is 1.73. The van der Waals surface area contributed by atoms with Gasteiger partial charge in [-0.2, -0.15) is 4.98 Å². The number of aromatic nitrogens is 3. The lowest BCUT2D eigenvalue weighted by atomic mass is 10.2. The molecule has 0 bridgehead atoms. The number of nitrogens with two attached hydrogens (primary N) is 1. The van der Waals surface area contributed by atoms with Crippen LogP contribution in [-0.2, 0) is 0 Å². The first-order valence-corrected chi connectivity index (χ1v) is 4.32. The highest BCUT2D eigenvalue weighted by atomic mass is 16.3. The Balaban J connectivity index is 2.20. The fraction of sp³-hybridized carbons (Fsp3) is 0.714. The maximum atomic E-state index is 9.23. The molecule has 13 heavy (non-hydrogen) atoms. The van der Waals surface area contributed by atoms with Crippen LogP contribution in [-0.4, -0.2) is 32.9 Å². The van der Waals surface area contributed by atoms with E-state index in [0.29, 0.717) is 24.9 Å². The summed E-state index contributed by atoms with van der Waals surface area (Å²) in [4.78, 5) is 3.85. The predicted molar refractivity (Wildman–Crippen MR) is 50.2 cm³/mol. The van der Waals surface area contributed by atoms with Crippen LogP contribution in [0.2, 0.25) is 0 Å². The molecular weight excluding hydrogens is 170 g/mol. The number of nitrogens with one attached hydrogen (secondary N) is 2. The Morgan fingerprint density at radius 1 is 1.69 bits per heavy atom. The molecule has 1 aromatic rings. The van der Waals surface area contributed by atoms with E-state index in [-0.39, 0.29) is 6.10 Å². The van der Waals surface area contributed by atoms with Crippen LogP contribution < -0.4 is 11.1 Å². The molecule has 0 aliphatic heterocycles. The fourth-order valence-electron chi connectivity index (χ4n) is 0.908. The van der Waals surface area contributed by atoms with Crippen LogP contribution in [0.1, 0.15) is 19.8 Å². The summed E-state index contributed by atoms with van der Waals surface area (Å²) in [6.07, 6.45) is 1.19.